The molecule has 2 unspecified atom stereocenters. The van der Waals surface area contributed by atoms with Gasteiger partial charge in [0.2, 0.25) is 5.91 Å². The van der Waals surface area contributed by atoms with Crippen molar-refractivity contribution in [3.05, 3.63) is 34.4 Å². The van der Waals surface area contributed by atoms with Crippen LogP contribution in [0.1, 0.15) is 66.3 Å². The fraction of sp³-hybridized carbons (Fsp3) is 0.600. The Morgan fingerprint density at radius 3 is 2.50 bits per heavy atom. The molecule has 2 saturated heterocycles. The molecular formula is C25H35BN4O6. The van der Waals surface area contributed by atoms with Crippen molar-refractivity contribution < 1.29 is 23.6 Å². The van der Waals surface area contributed by atoms with Gasteiger partial charge in [-0.3, -0.25) is 9.59 Å². The Morgan fingerprint density at radius 1 is 1.22 bits per heavy atom. The molecule has 0 aliphatic carbocycles. The summed E-state index contributed by atoms with van der Waals surface area (Å²) in [5.74, 6) is 0.0638. The zero-order valence-electron chi connectivity index (χ0n) is 22.0. The smallest absolute Gasteiger partial charge is 0.453 e. The van der Waals surface area contributed by atoms with Crippen LogP contribution in [0.25, 0.3) is 10.9 Å². The highest BCUT2D eigenvalue weighted by Gasteiger charge is 2.51. The predicted molar refractivity (Wildman–Crippen MR) is 136 cm³/mol. The number of ether oxygens (including phenoxy) is 1. The summed E-state index contributed by atoms with van der Waals surface area (Å²) in [6.07, 6.45) is 0.768. The van der Waals surface area contributed by atoms with Crippen molar-refractivity contribution in [1.82, 2.24) is 20.2 Å². The second-order valence-corrected chi connectivity index (χ2v) is 10.9. The molecule has 2 atom stereocenters. The van der Waals surface area contributed by atoms with E-state index in [4.69, 9.17) is 14.3 Å². The summed E-state index contributed by atoms with van der Waals surface area (Å²) in [5.41, 5.74) is 0.00142. The largest absolute Gasteiger partial charge is 0.494 e. The van der Waals surface area contributed by atoms with Crippen LogP contribution in [0.4, 0.5) is 4.79 Å². The maximum absolute atomic E-state index is 13.4. The number of amides is 2. The number of likely N-dealkylation sites (tertiary alicyclic amines) is 1. The third kappa shape index (κ3) is 4.73. The van der Waals surface area contributed by atoms with Crippen LogP contribution in [0.3, 0.4) is 0 Å². The average Bonchev–Trinajstić information content (AvgIpc) is 3.38. The number of nitrogens with zero attached hydrogens (tertiary/aromatic N) is 2. The lowest BCUT2D eigenvalue weighted by molar-refractivity contribution is -0.135. The fourth-order valence-corrected chi connectivity index (χ4v) is 4.65. The third-order valence-electron chi connectivity index (χ3n) is 7.52. The molecule has 2 amide bonds. The standard InChI is InChI=1S/C25H35BN4O6/c1-14(2)19(28-23(33)34-7)22(32)30-12-8-9-18(30)20-27-17-11-10-15(13-16(17)21(31)29-20)26-35-24(3,4)25(5,6)36-26/h10-11,13-14,18-19H,8-9,12H2,1-7H3,(H,28,33)(H,27,29,31). The van der Waals surface area contributed by atoms with E-state index in [-0.39, 0.29) is 17.4 Å². The van der Waals surface area contributed by atoms with Crippen molar-refractivity contribution >= 4 is 35.5 Å². The number of hydrogen-bond acceptors (Lipinski definition) is 7. The highest BCUT2D eigenvalue weighted by atomic mass is 16.7. The quantitative estimate of drug-likeness (QED) is 0.607. The Balaban J connectivity index is 1.62. The number of hydrogen-bond donors (Lipinski definition) is 2. The lowest BCUT2D eigenvalue weighted by Crippen LogP contribution is -2.51. The van der Waals surface area contributed by atoms with E-state index in [1.807, 2.05) is 47.6 Å². The van der Waals surface area contributed by atoms with Crippen molar-refractivity contribution in [3.8, 4) is 0 Å². The van der Waals surface area contributed by atoms with Gasteiger partial charge >= 0.3 is 13.2 Å². The number of H-pyrrole nitrogens is 1. The van der Waals surface area contributed by atoms with Gasteiger partial charge < -0.3 is 29.2 Å². The molecule has 36 heavy (non-hydrogen) atoms. The summed E-state index contributed by atoms with van der Waals surface area (Å²) in [6, 6.07) is 4.25. The minimum absolute atomic E-state index is 0.144. The molecule has 4 rings (SSSR count). The Labute approximate surface area is 211 Å². The number of carbonyl (C=O) groups is 2. The van der Waals surface area contributed by atoms with Gasteiger partial charge in [0, 0.05) is 6.54 Å². The molecule has 3 heterocycles. The van der Waals surface area contributed by atoms with Crippen LogP contribution in [0.2, 0.25) is 0 Å². The van der Waals surface area contributed by atoms with Crippen LogP contribution >= 0.6 is 0 Å². The summed E-state index contributed by atoms with van der Waals surface area (Å²) in [4.78, 5) is 47.6. The van der Waals surface area contributed by atoms with Crippen LogP contribution in [-0.2, 0) is 18.8 Å². The molecule has 2 aromatic rings. The molecule has 0 bridgehead atoms. The molecule has 1 aromatic heterocycles. The lowest BCUT2D eigenvalue weighted by atomic mass is 9.78. The molecule has 0 radical (unpaired) electrons. The molecule has 194 valence electrons. The summed E-state index contributed by atoms with van der Waals surface area (Å²) in [5, 5.41) is 3.06. The van der Waals surface area contributed by atoms with Crippen LogP contribution in [-0.4, -0.2) is 64.9 Å². The normalized spacial score (nSPS) is 21.7. The number of benzene rings is 1. The van der Waals surface area contributed by atoms with Crippen molar-refractivity contribution in [2.24, 2.45) is 5.92 Å². The van der Waals surface area contributed by atoms with Crippen molar-refractivity contribution in [2.45, 2.75) is 77.7 Å². The lowest BCUT2D eigenvalue weighted by Gasteiger charge is -2.32. The van der Waals surface area contributed by atoms with E-state index in [1.54, 1.807) is 17.0 Å². The van der Waals surface area contributed by atoms with Gasteiger partial charge in [0.25, 0.3) is 5.56 Å². The van der Waals surface area contributed by atoms with Gasteiger partial charge in [-0.2, -0.15) is 0 Å². The first-order valence-electron chi connectivity index (χ1n) is 12.4. The maximum atomic E-state index is 13.4. The van der Waals surface area contributed by atoms with E-state index in [2.05, 4.69) is 15.0 Å². The number of rotatable bonds is 5. The summed E-state index contributed by atoms with van der Waals surface area (Å²) < 4.78 is 16.9. The van der Waals surface area contributed by atoms with Gasteiger partial charge in [0.15, 0.2) is 0 Å². The van der Waals surface area contributed by atoms with E-state index in [0.29, 0.717) is 29.7 Å². The van der Waals surface area contributed by atoms with Crippen molar-refractivity contribution in [1.29, 1.82) is 0 Å². The maximum Gasteiger partial charge on any atom is 0.494 e. The molecule has 0 spiro atoms. The van der Waals surface area contributed by atoms with Crippen LogP contribution in [0.5, 0.6) is 0 Å². The zero-order valence-corrected chi connectivity index (χ0v) is 22.0. The molecular weight excluding hydrogens is 463 g/mol. The first kappa shape index (κ1) is 26.2. The topological polar surface area (TPSA) is 123 Å². The fourth-order valence-electron chi connectivity index (χ4n) is 4.65. The molecule has 2 N–H and O–H groups in total. The minimum atomic E-state index is -0.743. The van der Waals surface area contributed by atoms with E-state index < -0.39 is 36.5 Å². The van der Waals surface area contributed by atoms with Crippen LogP contribution in [0, 0.1) is 5.92 Å². The number of fused-ring (bicyclic) bond motifs is 1. The van der Waals surface area contributed by atoms with Crippen LogP contribution in [0.15, 0.2) is 23.0 Å². The van der Waals surface area contributed by atoms with Crippen LogP contribution < -0.4 is 16.3 Å². The summed E-state index contributed by atoms with van der Waals surface area (Å²) in [7, 11) is 0.675. The van der Waals surface area contributed by atoms with Gasteiger partial charge in [-0.15, -0.1) is 0 Å². The number of nitrogens with one attached hydrogen (secondary N) is 2. The van der Waals surface area contributed by atoms with Gasteiger partial charge in [-0.25, -0.2) is 9.78 Å². The Kier molecular flexibility index (Phi) is 6.91. The van der Waals surface area contributed by atoms with E-state index in [0.717, 1.165) is 11.9 Å². The van der Waals surface area contributed by atoms with Crippen molar-refractivity contribution in [3.63, 3.8) is 0 Å². The average molecular weight is 498 g/mol. The minimum Gasteiger partial charge on any atom is -0.453 e. The molecule has 11 heteroatoms. The van der Waals surface area contributed by atoms with Gasteiger partial charge in [0.1, 0.15) is 11.9 Å². The summed E-state index contributed by atoms with van der Waals surface area (Å²) in [6.45, 7) is 12.1. The van der Waals surface area contributed by atoms with E-state index >= 15 is 0 Å². The monoisotopic (exact) mass is 498 g/mol. The number of alkyl carbamates (subject to hydrolysis) is 1. The number of aromatic nitrogens is 2. The predicted octanol–water partition coefficient (Wildman–Crippen LogP) is 2.27. The van der Waals surface area contributed by atoms with Gasteiger partial charge in [-0.1, -0.05) is 19.9 Å². The second kappa shape index (κ2) is 9.51. The SMILES string of the molecule is COC(=O)NC(C(=O)N1CCCC1c1nc2ccc(B3OC(C)(C)C(C)(C)O3)cc2c(=O)[nH]1)C(C)C. The Hall–Kier alpha value is -2.92. The van der Waals surface area contributed by atoms with Gasteiger partial charge in [-0.05, 0) is 64.1 Å². The number of aromatic amines is 1. The number of methoxy groups -OCH3 is 1. The van der Waals surface area contributed by atoms with Crippen molar-refractivity contribution in [2.75, 3.05) is 13.7 Å². The number of carbonyl (C=O) groups excluding carboxylic acids is 2. The van der Waals surface area contributed by atoms with Gasteiger partial charge in [0.05, 0.1) is 35.3 Å². The second-order valence-electron chi connectivity index (χ2n) is 10.9. The Morgan fingerprint density at radius 2 is 1.89 bits per heavy atom. The Bertz CT molecular complexity index is 1210. The molecule has 0 saturated carbocycles. The summed E-state index contributed by atoms with van der Waals surface area (Å²) >= 11 is 0. The highest BCUT2D eigenvalue weighted by molar-refractivity contribution is 6.62. The highest BCUT2D eigenvalue weighted by Crippen LogP contribution is 2.36. The molecule has 1 aromatic carbocycles. The van der Waals surface area contributed by atoms with E-state index in [9.17, 15) is 14.4 Å². The third-order valence-corrected chi connectivity index (χ3v) is 7.52. The molecule has 10 nitrogen and oxygen atoms in total. The molecule has 2 fully saturated rings. The molecule has 2 aliphatic rings. The molecule has 2 aliphatic heterocycles. The first-order valence-corrected chi connectivity index (χ1v) is 12.4. The zero-order chi connectivity index (χ0) is 26.4. The van der Waals surface area contributed by atoms with E-state index in [1.165, 1.54) is 7.11 Å². The first-order chi connectivity index (χ1) is 16.8.